The molecule has 2 aromatic rings. The Balaban J connectivity index is 1.72. The third kappa shape index (κ3) is 3.86. The van der Waals surface area contributed by atoms with Gasteiger partial charge in [0, 0.05) is 23.7 Å². The maximum Gasteiger partial charge on any atom is 0.336 e. The molecule has 1 aliphatic carbocycles. The highest BCUT2D eigenvalue weighted by molar-refractivity contribution is 5.96. The molecule has 29 heavy (non-hydrogen) atoms. The van der Waals surface area contributed by atoms with Gasteiger partial charge in [0.2, 0.25) is 0 Å². The minimum atomic E-state index is -0.575. The summed E-state index contributed by atoms with van der Waals surface area (Å²) in [6.07, 6.45) is 3.07. The fourth-order valence-corrected chi connectivity index (χ4v) is 4.14. The van der Waals surface area contributed by atoms with Gasteiger partial charge in [0.25, 0.3) is 0 Å². The van der Waals surface area contributed by atoms with Crippen LogP contribution in [0.25, 0.3) is 0 Å². The van der Waals surface area contributed by atoms with Crippen LogP contribution in [-0.2, 0) is 20.9 Å². The summed E-state index contributed by atoms with van der Waals surface area (Å²) in [4.78, 5) is 25.9. The van der Waals surface area contributed by atoms with Crippen LogP contribution < -0.4 is 5.32 Å². The Kier molecular flexibility index (Phi) is 5.30. The van der Waals surface area contributed by atoms with Crippen molar-refractivity contribution in [3.63, 3.8) is 0 Å². The van der Waals surface area contributed by atoms with E-state index in [1.54, 1.807) is 19.1 Å². The van der Waals surface area contributed by atoms with E-state index in [1.165, 1.54) is 12.1 Å². The van der Waals surface area contributed by atoms with E-state index in [0.717, 1.165) is 11.3 Å². The zero-order chi connectivity index (χ0) is 20.4. The lowest BCUT2D eigenvalue weighted by Gasteiger charge is -2.38. The lowest BCUT2D eigenvalue weighted by molar-refractivity contribution is -0.141. The van der Waals surface area contributed by atoms with Gasteiger partial charge >= 0.3 is 5.97 Å². The fourth-order valence-electron chi connectivity index (χ4n) is 4.14. The number of benzene rings is 2. The molecule has 4 rings (SSSR count). The summed E-state index contributed by atoms with van der Waals surface area (Å²) in [6, 6.07) is 15.5. The van der Waals surface area contributed by atoms with Crippen molar-refractivity contribution < 1.29 is 18.7 Å². The van der Waals surface area contributed by atoms with Crippen molar-refractivity contribution in [2.75, 3.05) is 0 Å². The second-order valence-electron chi connectivity index (χ2n) is 7.40. The van der Waals surface area contributed by atoms with Crippen molar-refractivity contribution in [2.24, 2.45) is 5.92 Å². The van der Waals surface area contributed by atoms with E-state index in [4.69, 9.17) is 4.74 Å². The molecule has 0 fully saturated rings. The van der Waals surface area contributed by atoms with E-state index in [-0.39, 0.29) is 12.4 Å². The molecule has 2 aromatic carbocycles. The molecule has 2 atom stereocenters. The monoisotopic (exact) mass is 391 g/mol. The highest BCUT2D eigenvalue weighted by Crippen LogP contribution is 2.44. The van der Waals surface area contributed by atoms with Gasteiger partial charge in [-0.1, -0.05) is 48.5 Å². The Hall–Kier alpha value is -3.21. The second-order valence-corrected chi connectivity index (χ2v) is 7.40. The van der Waals surface area contributed by atoms with Crippen molar-refractivity contribution >= 4 is 11.8 Å². The van der Waals surface area contributed by atoms with E-state index in [0.29, 0.717) is 29.7 Å². The van der Waals surface area contributed by atoms with E-state index in [1.807, 2.05) is 36.4 Å². The molecule has 148 valence electrons. The van der Waals surface area contributed by atoms with Crippen LogP contribution in [0.1, 0.15) is 36.8 Å². The molecule has 2 aliphatic rings. The zero-order valence-corrected chi connectivity index (χ0v) is 16.2. The molecule has 0 aromatic heterocycles. The molecule has 1 aliphatic heterocycles. The molecule has 4 nitrogen and oxygen atoms in total. The first-order valence-corrected chi connectivity index (χ1v) is 9.71. The number of Topliss-reactive ketones (excluding diaryl/α,β-unsaturated/α-hetero) is 1. The summed E-state index contributed by atoms with van der Waals surface area (Å²) >= 11 is 0. The summed E-state index contributed by atoms with van der Waals surface area (Å²) in [5.41, 5.74) is 3.27. The molecule has 0 saturated carbocycles. The average molecular weight is 391 g/mol. The molecule has 1 heterocycles. The van der Waals surface area contributed by atoms with E-state index in [2.05, 4.69) is 5.32 Å². The van der Waals surface area contributed by atoms with Crippen molar-refractivity contribution in [1.29, 1.82) is 0 Å². The van der Waals surface area contributed by atoms with Gasteiger partial charge in [-0.2, -0.15) is 0 Å². The number of ketones is 1. The van der Waals surface area contributed by atoms with Crippen LogP contribution in [0.4, 0.5) is 4.39 Å². The quantitative estimate of drug-likeness (QED) is 0.786. The third-order valence-electron chi connectivity index (χ3n) is 5.46. The van der Waals surface area contributed by atoms with Crippen LogP contribution in [0, 0.1) is 11.7 Å². The van der Waals surface area contributed by atoms with Gasteiger partial charge in [-0.25, -0.2) is 9.18 Å². The summed E-state index contributed by atoms with van der Waals surface area (Å²) in [6.45, 7) is 1.93. The minimum Gasteiger partial charge on any atom is -0.457 e. The van der Waals surface area contributed by atoms with Gasteiger partial charge in [0.15, 0.2) is 0 Å². The SMILES string of the molecule is CC1=C(C(=O)OCc2ccccc2)C(c2cccc(F)c2)C2C(=O)CCC=C2N1. The summed E-state index contributed by atoms with van der Waals surface area (Å²) < 4.78 is 19.6. The maximum atomic E-state index is 14.0. The number of halogens is 1. The second kappa shape index (κ2) is 8.03. The van der Waals surface area contributed by atoms with Gasteiger partial charge in [-0.05, 0) is 36.6 Å². The van der Waals surface area contributed by atoms with Crippen molar-refractivity contribution in [2.45, 2.75) is 32.3 Å². The van der Waals surface area contributed by atoms with Crippen LogP contribution >= 0.6 is 0 Å². The smallest absolute Gasteiger partial charge is 0.336 e. The Morgan fingerprint density at radius 3 is 2.69 bits per heavy atom. The van der Waals surface area contributed by atoms with Crippen LogP contribution in [0.2, 0.25) is 0 Å². The number of rotatable bonds is 4. The number of hydrogen-bond donors (Lipinski definition) is 1. The van der Waals surface area contributed by atoms with Gasteiger partial charge < -0.3 is 10.1 Å². The summed E-state index contributed by atoms with van der Waals surface area (Å²) in [7, 11) is 0. The van der Waals surface area contributed by atoms with Crippen LogP contribution in [0.15, 0.2) is 77.6 Å². The predicted molar refractivity (Wildman–Crippen MR) is 107 cm³/mol. The van der Waals surface area contributed by atoms with E-state index < -0.39 is 23.6 Å². The van der Waals surface area contributed by atoms with Crippen LogP contribution in [-0.4, -0.2) is 11.8 Å². The minimum absolute atomic E-state index is 0.0464. The third-order valence-corrected chi connectivity index (χ3v) is 5.46. The number of carbonyl (C=O) groups is 2. The van der Waals surface area contributed by atoms with Crippen LogP contribution in [0.3, 0.4) is 0 Å². The molecule has 0 amide bonds. The Morgan fingerprint density at radius 2 is 1.93 bits per heavy atom. The number of allylic oxidation sites excluding steroid dienone is 3. The van der Waals surface area contributed by atoms with Gasteiger partial charge in [0.05, 0.1) is 11.5 Å². The number of hydrogen-bond acceptors (Lipinski definition) is 4. The maximum absolute atomic E-state index is 14.0. The number of nitrogens with one attached hydrogen (secondary N) is 1. The summed E-state index contributed by atoms with van der Waals surface area (Å²) in [5.74, 6) is -1.96. The first-order valence-electron chi connectivity index (χ1n) is 9.71. The Labute approximate surface area is 169 Å². The number of fused-ring (bicyclic) bond motifs is 1. The summed E-state index contributed by atoms with van der Waals surface area (Å²) in [5, 5.41) is 3.22. The van der Waals surface area contributed by atoms with Gasteiger partial charge in [-0.3, -0.25) is 4.79 Å². The lowest BCUT2D eigenvalue weighted by atomic mass is 9.71. The predicted octanol–water partition coefficient (Wildman–Crippen LogP) is 4.39. The number of esters is 1. The van der Waals surface area contributed by atoms with Gasteiger partial charge in [-0.15, -0.1) is 0 Å². The van der Waals surface area contributed by atoms with Crippen molar-refractivity contribution in [3.05, 3.63) is 94.6 Å². The standard InChI is InChI=1S/C24H22FNO3/c1-15-21(24(28)29-14-16-7-3-2-4-8-16)22(17-9-5-10-18(25)13-17)23-19(26-15)11-6-12-20(23)27/h2-5,7-11,13,22-23,26H,6,12,14H2,1H3. The molecule has 5 heteroatoms. The Bertz CT molecular complexity index is 1010. The topological polar surface area (TPSA) is 55.4 Å². The largest absolute Gasteiger partial charge is 0.457 e. The first-order chi connectivity index (χ1) is 14.0. The molecular formula is C24H22FNO3. The highest BCUT2D eigenvalue weighted by Gasteiger charge is 2.43. The van der Waals surface area contributed by atoms with E-state index >= 15 is 0 Å². The Morgan fingerprint density at radius 1 is 1.14 bits per heavy atom. The number of ether oxygens (including phenoxy) is 1. The molecule has 0 spiro atoms. The zero-order valence-electron chi connectivity index (χ0n) is 16.2. The van der Waals surface area contributed by atoms with Crippen molar-refractivity contribution in [3.8, 4) is 0 Å². The van der Waals surface area contributed by atoms with E-state index in [9.17, 15) is 14.0 Å². The molecular weight excluding hydrogens is 369 g/mol. The van der Waals surface area contributed by atoms with Crippen molar-refractivity contribution in [1.82, 2.24) is 5.32 Å². The first kappa shape index (κ1) is 19.1. The molecule has 0 saturated heterocycles. The molecule has 0 radical (unpaired) electrons. The average Bonchev–Trinajstić information content (AvgIpc) is 2.72. The van der Waals surface area contributed by atoms with Gasteiger partial charge in [0.1, 0.15) is 18.2 Å². The highest BCUT2D eigenvalue weighted by atomic mass is 19.1. The van der Waals surface area contributed by atoms with Crippen LogP contribution in [0.5, 0.6) is 0 Å². The molecule has 0 bridgehead atoms. The normalized spacial score (nSPS) is 21.2. The molecule has 1 N–H and O–H groups in total. The lowest BCUT2D eigenvalue weighted by Crippen LogP contribution is -2.40. The fraction of sp³-hybridized carbons (Fsp3) is 0.250. The number of carbonyl (C=O) groups excluding carboxylic acids is 2. The molecule has 2 unspecified atom stereocenters.